The number of carbonyl (C=O) groups is 1. The van der Waals surface area contributed by atoms with Crippen molar-refractivity contribution < 1.29 is 13.9 Å². The standard InChI is InChI=1S/C19H17FN8O2/c1-27-16(12-3-5-13(20)6-4-12)10-18(24-27)23-19(29)22-14-7-8-15(17(9-14)30-2)28-11-21-25-26-28/h3-11H,1-2H3,(H2,22,23,24,29). The number of rotatable bonds is 5. The first-order valence-electron chi connectivity index (χ1n) is 8.83. The van der Waals surface area contributed by atoms with E-state index in [0.29, 0.717) is 22.9 Å². The Balaban J connectivity index is 1.47. The Kier molecular flexibility index (Phi) is 5.08. The van der Waals surface area contributed by atoms with Gasteiger partial charge in [-0.1, -0.05) is 0 Å². The van der Waals surface area contributed by atoms with Gasteiger partial charge in [0.15, 0.2) is 5.82 Å². The first kappa shape index (κ1) is 19.1. The Morgan fingerprint density at radius 3 is 2.60 bits per heavy atom. The number of methoxy groups -OCH3 is 1. The summed E-state index contributed by atoms with van der Waals surface area (Å²) in [4.78, 5) is 12.4. The van der Waals surface area contributed by atoms with Crippen LogP contribution in [-0.4, -0.2) is 43.1 Å². The van der Waals surface area contributed by atoms with E-state index in [1.807, 2.05) is 0 Å². The summed E-state index contributed by atoms with van der Waals surface area (Å²) in [6.07, 6.45) is 1.44. The van der Waals surface area contributed by atoms with E-state index in [9.17, 15) is 9.18 Å². The summed E-state index contributed by atoms with van der Waals surface area (Å²) in [7, 11) is 3.25. The van der Waals surface area contributed by atoms with Crippen LogP contribution in [0.25, 0.3) is 16.9 Å². The minimum absolute atomic E-state index is 0.319. The van der Waals surface area contributed by atoms with Crippen LogP contribution in [0.15, 0.2) is 54.9 Å². The van der Waals surface area contributed by atoms with Gasteiger partial charge in [-0.15, -0.1) is 5.10 Å². The van der Waals surface area contributed by atoms with Gasteiger partial charge in [-0.2, -0.15) is 9.78 Å². The van der Waals surface area contributed by atoms with E-state index in [-0.39, 0.29) is 5.82 Å². The zero-order chi connectivity index (χ0) is 21.1. The molecule has 2 N–H and O–H groups in total. The molecule has 0 aliphatic rings. The van der Waals surface area contributed by atoms with Crippen molar-refractivity contribution in [3.05, 3.63) is 60.7 Å². The quantitative estimate of drug-likeness (QED) is 0.525. The molecule has 30 heavy (non-hydrogen) atoms. The van der Waals surface area contributed by atoms with Crippen LogP contribution in [0.4, 0.5) is 20.7 Å². The minimum atomic E-state index is -0.476. The van der Waals surface area contributed by atoms with Crippen molar-refractivity contribution in [1.82, 2.24) is 30.0 Å². The number of ether oxygens (including phenoxy) is 1. The molecule has 10 nitrogen and oxygen atoms in total. The minimum Gasteiger partial charge on any atom is -0.494 e. The molecule has 4 aromatic rings. The Morgan fingerprint density at radius 2 is 1.90 bits per heavy atom. The Labute approximate surface area is 170 Å². The number of aromatic nitrogens is 6. The number of anilines is 2. The maximum absolute atomic E-state index is 13.1. The normalized spacial score (nSPS) is 10.6. The summed E-state index contributed by atoms with van der Waals surface area (Å²) < 4.78 is 21.6. The third-order valence-corrected chi connectivity index (χ3v) is 4.29. The van der Waals surface area contributed by atoms with Crippen molar-refractivity contribution >= 4 is 17.5 Å². The number of urea groups is 1. The molecular formula is C19H17FN8O2. The fraction of sp³-hybridized carbons (Fsp3) is 0.105. The van der Waals surface area contributed by atoms with Gasteiger partial charge >= 0.3 is 6.03 Å². The molecule has 11 heteroatoms. The van der Waals surface area contributed by atoms with Gasteiger partial charge in [0.1, 0.15) is 23.6 Å². The summed E-state index contributed by atoms with van der Waals surface area (Å²) in [5.41, 5.74) is 2.65. The zero-order valence-corrected chi connectivity index (χ0v) is 16.1. The molecule has 4 rings (SSSR count). The molecule has 0 bridgehead atoms. The fourth-order valence-electron chi connectivity index (χ4n) is 2.91. The number of nitrogens with one attached hydrogen (secondary N) is 2. The zero-order valence-electron chi connectivity index (χ0n) is 16.1. The predicted octanol–water partition coefficient (Wildman–Crippen LogP) is 2.85. The molecule has 0 saturated carbocycles. The molecule has 0 fully saturated rings. The third kappa shape index (κ3) is 3.94. The number of hydrogen-bond acceptors (Lipinski definition) is 6. The summed E-state index contributed by atoms with van der Waals surface area (Å²) in [5, 5.41) is 20.7. The maximum Gasteiger partial charge on any atom is 0.324 e. The largest absolute Gasteiger partial charge is 0.494 e. The SMILES string of the molecule is COc1cc(NC(=O)Nc2cc(-c3ccc(F)cc3)n(C)n2)ccc1-n1cnnn1. The summed E-state index contributed by atoms with van der Waals surface area (Å²) >= 11 is 0. The van der Waals surface area contributed by atoms with Crippen molar-refractivity contribution in [3.8, 4) is 22.7 Å². The number of aryl methyl sites for hydroxylation is 1. The molecule has 2 amide bonds. The van der Waals surface area contributed by atoms with Gasteiger partial charge in [-0.25, -0.2) is 9.18 Å². The molecule has 2 aromatic heterocycles. The average molecular weight is 408 g/mol. The second-order valence-electron chi connectivity index (χ2n) is 6.27. The lowest BCUT2D eigenvalue weighted by Gasteiger charge is -2.11. The number of nitrogens with zero attached hydrogens (tertiary/aromatic N) is 6. The molecule has 0 saturated heterocycles. The number of amides is 2. The van der Waals surface area contributed by atoms with Gasteiger partial charge < -0.3 is 10.1 Å². The first-order chi connectivity index (χ1) is 14.5. The Morgan fingerprint density at radius 1 is 1.10 bits per heavy atom. The lowest BCUT2D eigenvalue weighted by Crippen LogP contribution is -2.20. The van der Waals surface area contributed by atoms with Gasteiger partial charge in [-0.05, 0) is 46.8 Å². The summed E-state index contributed by atoms with van der Waals surface area (Å²) in [6.45, 7) is 0. The molecule has 2 heterocycles. The summed E-state index contributed by atoms with van der Waals surface area (Å²) in [5.74, 6) is 0.517. The van der Waals surface area contributed by atoms with E-state index < -0.39 is 6.03 Å². The van der Waals surface area contributed by atoms with Crippen LogP contribution >= 0.6 is 0 Å². The average Bonchev–Trinajstić information content (AvgIpc) is 3.38. The molecule has 152 valence electrons. The lowest BCUT2D eigenvalue weighted by molar-refractivity contribution is 0.262. The predicted molar refractivity (Wildman–Crippen MR) is 107 cm³/mol. The number of hydrogen-bond donors (Lipinski definition) is 2. The highest BCUT2D eigenvalue weighted by Gasteiger charge is 2.12. The molecular weight excluding hydrogens is 391 g/mol. The van der Waals surface area contributed by atoms with Crippen molar-refractivity contribution in [3.63, 3.8) is 0 Å². The topological polar surface area (TPSA) is 112 Å². The number of carbonyl (C=O) groups excluding carboxylic acids is 1. The van der Waals surface area contributed by atoms with Gasteiger partial charge in [0.2, 0.25) is 0 Å². The van der Waals surface area contributed by atoms with E-state index in [2.05, 4.69) is 31.3 Å². The molecule has 0 unspecified atom stereocenters. The second kappa shape index (κ2) is 7.99. The second-order valence-corrected chi connectivity index (χ2v) is 6.27. The van der Waals surface area contributed by atoms with Gasteiger partial charge in [-0.3, -0.25) is 10.00 Å². The monoisotopic (exact) mass is 408 g/mol. The summed E-state index contributed by atoms with van der Waals surface area (Å²) in [6, 6.07) is 12.3. The maximum atomic E-state index is 13.1. The van der Waals surface area contributed by atoms with Crippen LogP contribution in [0, 0.1) is 5.82 Å². The highest BCUT2D eigenvalue weighted by atomic mass is 19.1. The number of benzene rings is 2. The Hall–Kier alpha value is -4.28. The van der Waals surface area contributed by atoms with Crippen LogP contribution in [-0.2, 0) is 7.05 Å². The molecule has 0 atom stereocenters. The number of tetrazole rings is 1. The van der Waals surface area contributed by atoms with Crippen LogP contribution in [0.3, 0.4) is 0 Å². The Bertz CT molecular complexity index is 1170. The van der Waals surface area contributed by atoms with Crippen LogP contribution in [0.2, 0.25) is 0 Å². The number of halogens is 1. The van der Waals surface area contributed by atoms with E-state index >= 15 is 0 Å². The van der Waals surface area contributed by atoms with Gasteiger partial charge in [0, 0.05) is 30.4 Å². The lowest BCUT2D eigenvalue weighted by atomic mass is 10.1. The van der Waals surface area contributed by atoms with E-state index in [4.69, 9.17) is 4.74 Å². The molecule has 0 radical (unpaired) electrons. The molecule has 0 aliphatic carbocycles. The highest BCUT2D eigenvalue weighted by molar-refractivity contribution is 5.99. The van der Waals surface area contributed by atoms with Gasteiger partial charge in [0.25, 0.3) is 0 Å². The first-order valence-corrected chi connectivity index (χ1v) is 8.83. The van der Waals surface area contributed by atoms with Crippen molar-refractivity contribution in [2.75, 3.05) is 17.7 Å². The smallest absolute Gasteiger partial charge is 0.324 e. The molecule has 0 aliphatic heterocycles. The van der Waals surface area contributed by atoms with E-state index in [0.717, 1.165) is 11.3 Å². The van der Waals surface area contributed by atoms with Crippen LogP contribution < -0.4 is 15.4 Å². The van der Waals surface area contributed by atoms with Crippen LogP contribution in [0.5, 0.6) is 5.75 Å². The fourth-order valence-corrected chi connectivity index (χ4v) is 2.91. The van der Waals surface area contributed by atoms with Crippen molar-refractivity contribution in [2.24, 2.45) is 7.05 Å². The van der Waals surface area contributed by atoms with E-state index in [1.165, 1.54) is 30.3 Å². The van der Waals surface area contributed by atoms with E-state index in [1.54, 1.807) is 48.1 Å². The van der Waals surface area contributed by atoms with Crippen molar-refractivity contribution in [1.29, 1.82) is 0 Å². The van der Waals surface area contributed by atoms with Crippen LogP contribution in [0.1, 0.15) is 0 Å². The molecule has 0 spiro atoms. The highest BCUT2D eigenvalue weighted by Crippen LogP contribution is 2.26. The molecule has 2 aromatic carbocycles. The van der Waals surface area contributed by atoms with Gasteiger partial charge in [0.05, 0.1) is 12.8 Å². The third-order valence-electron chi connectivity index (χ3n) is 4.29. The van der Waals surface area contributed by atoms with Crippen molar-refractivity contribution in [2.45, 2.75) is 0 Å².